The van der Waals surface area contributed by atoms with Crippen LogP contribution >= 0.6 is 11.8 Å². The molecular weight excluding hydrogens is 288 g/mol. The first kappa shape index (κ1) is 13.7. The first-order valence-electron chi connectivity index (χ1n) is 6.38. The topological polar surface area (TPSA) is 76.0 Å². The van der Waals surface area contributed by atoms with E-state index in [9.17, 15) is 9.59 Å². The summed E-state index contributed by atoms with van der Waals surface area (Å²) >= 11 is 1.25. The van der Waals surface area contributed by atoms with E-state index in [4.69, 9.17) is 0 Å². The van der Waals surface area contributed by atoms with Gasteiger partial charge >= 0.3 is 0 Å². The van der Waals surface area contributed by atoms with Crippen LogP contribution in [0.5, 0.6) is 0 Å². The third-order valence-electron chi connectivity index (χ3n) is 3.28. The Kier molecular flexibility index (Phi) is 3.21. The van der Waals surface area contributed by atoms with Gasteiger partial charge in [0.1, 0.15) is 0 Å². The Bertz CT molecular complexity index is 727. The Labute approximate surface area is 125 Å². The molecule has 0 saturated heterocycles. The summed E-state index contributed by atoms with van der Waals surface area (Å²) in [5.41, 5.74) is 1.30. The summed E-state index contributed by atoms with van der Waals surface area (Å²) in [7, 11) is 1.76. The molecule has 2 N–H and O–H groups in total. The maximum absolute atomic E-state index is 12.5. The van der Waals surface area contributed by atoms with Gasteiger partial charge < -0.3 is 10.6 Å². The molecule has 1 aromatic carbocycles. The molecule has 2 heterocycles. The molecular formula is C14H14N4O2S. The van der Waals surface area contributed by atoms with E-state index in [2.05, 4.69) is 15.7 Å². The van der Waals surface area contributed by atoms with Crippen molar-refractivity contribution in [3.63, 3.8) is 0 Å². The number of para-hydroxylation sites is 1. The van der Waals surface area contributed by atoms with Crippen molar-refractivity contribution in [2.24, 2.45) is 7.05 Å². The highest BCUT2D eigenvalue weighted by molar-refractivity contribution is 8.02. The van der Waals surface area contributed by atoms with Gasteiger partial charge in [0.25, 0.3) is 0 Å². The van der Waals surface area contributed by atoms with Crippen molar-refractivity contribution >= 4 is 35.0 Å². The minimum atomic E-state index is -1.22. The fourth-order valence-electron chi connectivity index (χ4n) is 2.05. The number of amides is 2. The SMILES string of the molecule is Cn1cc(NC(=O)[C@@]2(C)Sc3ccccc3NC2=O)cn1. The lowest BCUT2D eigenvalue weighted by atomic mass is 10.1. The second kappa shape index (κ2) is 4.92. The number of nitrogens with one attached hydrogen (secondary N) is 2. The van der Waals surface area contributed by atoms with E-state index in [0.717, 1.165) is 10.6 Å². The molecule has 2 aromatic rings. The van der Waals surface area contributed by atoms with Gasteiger partial charge in [-0.3, -0.25) is 14.3 Å². The van der Waals surface area contributed by atoms with Gasteiger partial charge in [0.2, 0.25) is 11.8 Å². The highest BCUT2D eigenvalue weighted by Gasteiger charge is 2.45. The van der Waals surface area contributed by atoms with Crippen molar-refractivity contribution in [2.45, 2.75) is 16.6 Å². The predicted octanol–water partition coefficient (Wildman–Crippen LogP) is 1.86. The summed E-state index contributed by atoms with van der Waals surface area (Å²) in [6, 6.07) is 7.43. The van der Waals surface area contributed by atoms with Gasteiger partial charge in [0.15, 0.2) is 4.75 Å². The zero-order chi connectivity index (χ0) is 15.0. The van der Waals surface area contributed by atoms with Crippen LogP contribution in [0.3, 0.4) is 0 Å². The number of thioether (sulfide) groups is 1. The lowest BCUT2D eigenvalue weighted by Crippen LogP contribution is -2.49. The van der Waals surface area contributed by atoms with Gasteiger partial charge in [-0.15, -0.1) is 0 Å². The molecule has 1 aliphatic heterocycles. The summed E-state index contributed by atoms with van der Waals surface area (Å²) in [4.78, 5) is 25.7. The molecule has 0 fully saturated rings. The Morgan fingerprint density at radius 2 is 2.19 bits per heavy atom. The van der Waals surface area contributed by atoms with E-state index in [1.54, 1.807) is 31.0 Å². The summed E-state index contributed by atoms with van der Waals surface area (Å²) in [5.74, 6) is -0.694. The van der Waals surface area contributed by atoms with Gasteiger partial charge in [-0.1, -0.05) is 23.9 Å². The average Bonchev–Trinajstić information content (AvgIpc) is 2.85. The number of anilines is 2. The third-order valence-corrected chi connectivity index (χ3v) is 4.63. The van der Waals surface area contributed by atoms with Crippen LogP contribution < -0.4 is 10.6 Å². The van der Waals surface area contributed by atoms with Gasteiger partial charge in [-0.05, 0) is 19.1 Å². The number of aryl methyl sites for hydroxylation is 1. The van der Waals surface area contributed by atoms with Crippen LogP contribution in [0.4, 0.5) is 11.4 Å². The maximum Gasteiger partial charge on any atom is 0.250 e. The molecule has 7 heteroatoms. The molecule has 2 amide bonds. The van der Waals surface area contributed by atoms with Crippen molar-refractivity contribution in [3.05, 3.63) is 36.7 Å². The Hall–Kier alpha value is -2.28. The van der Waals surface area contributed by atoms with E-state index in [1.807, 2.05) is 24.3 Å². The number of fused-ring (bicyclic) bond motifs is 1. The fourth-order valence-corrected chi connectivity index (χ4v) is 3.16. The molecule has 1 atom stereocenters. The van der Waals surface area contributed by atoms with Crippen LogP contribution in [0, 0.1) is 0 Å². The molecule has 0 aliphatic carbocycles. The van der Waals surface area contributed by atoms with Crippen LogP contribution in [0.1, 0.15) is 6.92 Å². The molecule has 0 radical (unpaired) electrons. The number of rotatable bonds is 2. The summed E-state index contributed by atoms with van der Waals surface area (Å²) in [6.45, 7) is 1.62. The molecule has 0 saturated carbocycles. The highest BCUT2D eigenvalue weighted by atomic mass is 32.2. The maximum atomic E-state index is 12.5. The van der Waals surface area contributed by atoms with Gasteiger partial charge in [0, 0.05) is 18.1 Å². The van der Waals surface area contributed by atoms with Crippen molar-refractivity contribution < 1.29 is 9.59 Å². The van der Waals surface area contributed by atoms with E-state index in [0.29, 0.717) is 5.69 Å². The van der Waals surface area contributed by atoms with Crippen LogP contribution in [-0.2, 0) is 16.6 Å². The van der Waals surface area contributed by atoms with E-state index in [-0.39, 0.29) is 11.8 Å². The van der Waals surface area contributed by atoms with Crippen LogP contribution in [0.2, 0.25) is 0 Å². The molecule has 1 aliphatic rings. The summed E-state index contributed by atoms with van der Waals surface area (Å²) in [6.07, 6.45) is 3.22. The van der Waals surface area contributed by atoms with Gasteiger partial charge in [-0.25, -0.2) is 0 Å². The molecule has 6 nitrogen and oxygen atoms in total. The Morgan fingerprint density at radius 1 is 1.43 bits per heavy atom. The lowest BCUT2D eigenvalue weighted by Gasteiger charge is -2.31. The first-order valence-corrected chi connectivity index (χ1v) is 7.20. The molecule has 0 bridgehead atoms. The number of benzene rings is 1. The number of carbonyl (C=O) groups excluding carboxylic acids is 2. The normalized spacial score (nSPS) is 20.6. The molecule has 108 valence electrons. The smallest absolute Gasteiger partial charge is 0.250 e. The summed E-state index contributed by atoms with van der Waals surface area (Å²) in [5, 5.41) is 9.50. The summed E-state index contributed by atoms with van der Waals surface area (Å²) < 4.78 is 0.367. The van der Waals surface area contributed by atoms with Crippen LogP contribution in [0.15, 0.2) is 41.6 Å². The van der Waals surface area contributed by atoms with Crippen molar-refractivity contribution in [1.82, 2.24) is 9.78 Å². The highest BCUT2D eigenvalue weighted by Crippen LogP contribution is 2.42. The molecule has 21 heavy (non-hydrogen) atoms. The fraction of sp³-hybridized carbons (Fsp3) is 0.214. The van der Waals surface area contributed by atoms with E-state index < -0.39 is 4.75 Å². The first-order chi connectivity index (χ1) is 9.99. The predicted molar refractivity (Wildman–Crippen MR) is 81.2 cm³/mol. The van der Waals surface area contributed by atoms with Crippen molar-refractivity contribution in [1.29, 1.82) is 0 Å². The zero-order valence-electron chi connectivity index (χ0n) is 11.6. The number of carbonyl (C=O) groups is 2. The molecule has 1 aromatic heterocycles. The molecule has 0 spiro atoms. The van der Waals surface area contributed by atoms with Crippen LogP contribution in [0.25, 0.3) is 0 Å². The largest absolute Gasteiger partial charge is 0.323 e. The van der Waals surface area contributed by atoms with Gasteiger partial charge in [0.05, 0.1) is 17.6 Å². The number of hydrogen-bond acceptors (Lipinski definition) is 4. The van der Waals surface area contributed by atoms with Crippen LogP contribution in [-0.4, -0.2) is 26.3 Å². The van der Waals surface area contributed by atoms with E-state index >= 15 is 0 Å². The number of nitrogens with zero attached hydrogens (tertiary/aromatic N) is 2. The van der Waals surface area contributed by atoms with Crippen molar-refractivity contribution in [2.75, 3.05) is 10.6 Å². The lowest BCUT2D eigenvalue weighted by molar-refractivity contribution is -0.126. The number of aromatic nitrogens is 2. The average molecular weight is 302 g/mol. The molecule has 3 rings (SSSR count). The Balaban J connectivity index is 1.86. The minimum absolute atomic E-state index is 0.326. The zero-order valence-corrected chi connectivity index (χ0v) is 12.4. The monoisotopic (exact) mass is 302 g/mol. The second-order valence-electron chi connectivity index (χ2n) is 4.94. The second-order valence-corrected chi connectivity index (χ2v) is 6.40. The third kappa shape index (κ3) is 2.40. The van der Waals surface area contributed by atoms with Crippen molar-refractivity contribution in [3.8, 4) is 0 Å². The minimum Gasteiger partial charge on any atom is -0.323 e. The van der Waals surface area contributed by atoms with E-state index in [1.165, 1.54) is 11.8 Å². The number of hydrogen-bond donors (Lipinski definition) is 2. The van der Waals surface area contributed by atoms with Gasteiger partial charge in [-0.2, -0.15) is 5.10 Å². The standard InChI is InChI=1S/C14H14N4O2S/c1-14(12(19)16-9-7-15-18(2)8-9)13(20)17-10-5-3-4-6-11(10)21-14/h3-8H,1-2H3,(H,16,19)(H,17,20)/t14-/m1/s1. The Morgan fingerprint density at radius 3 is 2.90 bits per heavy atom. The molecule has 0 unspecified atom stereocenters. The quantitative estimate of drug-likeness (QED) is 0.830.